The number of nitrogens with one attached hydrogen (secondary N) is 1. The minimum atomic E-state index is -0.972. The molecule has 1 rings (SSSR count). The normalized spacial score (nSPS) is 9.94. The van der Waals surface area contributed by atoms with Crippen molar-refractivity contribution in [2.24, 2.45) is 0 Å². The highest BCUT2D eigenvalue weighted by Crippen LogP contribution is 2.12. The highest BCUT2D eigenvalue weighted by molar-refractivity contribution is 5.86. The highest BCUT2D eigenvalue weighted by Gasteiger charge is 2.03. The Morgan fingerprint density at radius 3 is 2.94 bits per heavy atom. The van der Waals surface area contributed by atoms with Gasteiger partial charge in [-0.3, -0.25) is 0 Å². The molecule has 17 heavy (non-hydrogen) atoms. The number of carboxylic acids is 1. The van der Waals surface area contributed by atoms with Gasteiger partial charge in [0.05, 0.1) is 6.61 Å². The fourth-order valence-electron chi connectivity index (χ4n) is 1.35. The standard InChI is InChI=1S/C13H17NO3/c1-3-17-12-6-4-5-11(7-12)9-14-8-10(2)13(15)16/h4-7,14H,2-3,8-9H2,1H3,(H,15,16). The summed E-state index contributed by atoms with van der Waals surface area (Å²) in [6.07, 6.45) is 0. The summed E-state index contributed by atoms with van der Waals surface area (Å²) in [6, 6.07) is 7.69. The van der Waals surface area contributed by atoms with Crippen molar-refractivity contribution in [1.82, 2.24) is 5.32 Å². The highest BCUT2D eigenvalue weighted by atomic mass is 16.5. The third-order valence-corrected chi connectivity index (χ3v) is 2.18. The van der Waals surface area contributed by atoms with E-state index < -0.39 is 5.97 Å². The molecule has 0 amide bonds. The van der Waals surface area contributed by atoms with Crippen LogP contribution in [0.2, 0.25) is 0 Å². The molecule has 0 atom stereocenters. The Morgan fingerprint density at radius 2 is 2.29 bits per heavy atom. The van der Waals surface area contributed by atoms with E-state index in [1.807, 2.05) is 31.2 Å². The summed E-state index contributed by atoms with van der Waals surface area (Å²) < 4.78 is 5.37. The molecule has 1 aromatic rings. The molecule has 0 bridgehead atoms. The van der Waals surface area contributed by atoms with E-state index in [9.17, 15) is 4.79 Å². The molecular weight excluding hydrogens is 218 g/mol. The molecule has 1 aromatic carbocycles. The van der Waals surface area contributed by atoms with Crippen molar-refractivity contribution in [3.63, 3.8) is 0 Å². The second kappa shape index (κ2) is 6.70. The summed E-state index contributed by atoms with van der Waals surface area (Å²) in [5.41, 5.74) is 1.21. The molecule has 2 N–H and O–H groups in total. The van der Waals surface area contributed by atoms with Gasteiger partial charge in [0.25, 0.3) is 0 Å². The van der Waals surface area contributed by atoms with Crippen LogP contribution in [-0.4, -0.2) is 24.2 Å². The van der Waals surface area contributed by atoms with Gasteiger partial charge in [-0.25, -0.2) is 4.79 Å². The van der Waals surface area contributed by atoms with Gasteiger partial charge in [-0.1, -0.05) is 18.7 Å². The van der Waals surface area contributed by atoms with Gasteiger partial charge in [0, 0.05) is 18.7 Å². The maximum Gasteiger partial charge on any atom is 0.332 e. The molecule has 0 heterocycles. The smallest absolute Gasteiger partial charge is 0.332 e. The monoisotopic (exact) mass is 235 g/mol. The van der Waals surface area contributed by atoms with Crippen LogP contribution < -0.4 is 10.1 Å². The third-order valence-electron chi connectivity index (χ3n) is 2.18. The number of carbonyl (C=O) groups is 1. The van der Waals surface area contributed by atoms with Crippen LogP contribution >= 0.6 is 0 Å². The zero-order valence-corrected chi connectivity index (χ0v) is 9.90. The van der Waals surface area contributed by atoms with Gasteiger partial charge in [0.15, 0.2) is 0 Å². The van der Waals surface area contributed by atoms with Crippen LogP contribution in [0.25, 0.3) is 0 Å². The van der Waals surface area contributed by atoms with E-state index in [4.69, 9.17) is 9.84 Å². The molecule has 0 saturated heterocycles. The Hall–Kier alpha value is -1.81. The van der Waals surface area contributed by atoms with E-state index in [1.54, 1.807) is 0 Å². The quantitative estimate of drug-likeness (QED) is 0.708. The first-order chi connectivity index (χ1) is 8.13. The lowest BCUT2D eigenvalue weighted by atomic mass is 10.2. The van der Waals surface area contributed by atoms with E-state index in [0.29, 0.717) is 13.2 Å². The number of hydrogen-bond acceptors (Lipinski definition) is 3. The number of hydrogen-bond donors (Lipinski definition) is 2. The molecule has 0 aliphatic carbocycles. The largest absolute Gasteiger partial charge is 0.494 e. The topological polar surface area (TPSA) is 58.6 Å². The van der Waals surface area contributed by atoms with Crippen LogP contribution in [0.4, 0.5) is 0 Å². The Kier molecular flexibility index (Phi) is 5.23. The van der Waals surface area contributed by atoms with Crippen molar-refractivity contribution in [1.29, 1.82) is 0 Å². The number of carboxylic acid groups (broad SMARTS) is 1. The summed E-state index contributed by atoms with van der Waals surface area (Å²) in [7, 11) is 0. The minimum Gasteiger partial charge on any atom is -0.494 e. The lowest BCUT2D eigenvalue weighted by molar-refractivity contribution is -0.132. The van der Waals surface area contributed by atoms with Crippen molar-refractivity contribution in [3.05, 3.63) is 42.0 Å². The summed E-state index contributed by atoms with van der Waals surface area (Å²) in [4.78, 5) is 10.5. The summed E-state index contributed by atoms with van der Waals surface area (Å²) in [5.74, 6) is -0.149. The third kappa shape index (κ3) is 4.70. The van der Waals surface area contributed by atoms with Crippen LogP contribution in [0.1, 0.15) is 12.5 Å². The first-order valence-electron chi connectivity index (χ1n) is 5.47. The first-order valence-corrected chi connectivity index (χ1v) is 5.47. The van der Waals surface area contributed by atoms with E-state index in [2.05, 4.69) is 11.9 Å². The fourth-order valence-corrected chi connectivity index (χ4v) is 1.35. The zero-order chi connectivity index (χ0) is 12.7. The second-order valence-corrected chi connectivity index (χ2v) is 3.59. The fraction of sp³-hybridized carbons (Fsp3) is 0.308. The van der Waals surface area contributed by atoms with Crippen molar-refractivity contribution < 1.29 is 14.6 Å². The maximum atomic E-state index is 10.5. The molecular formula is C13H17NO3. The van der Waals surface area contributed by atoms with Gasteiger partial charge in [-0.2, -0.15) is 0 Å². The summed E-state index contributed by atoms with van der Waals surface area (Å²) in [6.45, 7) is 6.87. The second-order valence-electron chi connectivity index (χ2n) is 3.59. The molecule has 0 unspecified atom stereocenters. The van der Waals surface area contributed by atoms with Gasteiger partial charge in [0.1, 0.15) is 5.75 Å². The van der Waals surface area contributed by atoms with Gasteiger partial charge in [0.2, 0.25) is 0 Å². The molecule has 0 saturated carbocycles. The van der Waals surface area contributed by atoms with E-state index in [0.717, 1.165) is 11.3 Å². The average molecular weight is 235 g/mol. The summed E-state index contributed by atoms with van der Waals surface area (Å²) in [5, 5.41) is 11.6. The molecule has 0 fully saturated rings. The first kappa shape index (κ1) is 13.3. The van der Waals surface area contributed by atoms with E-state index >= 15 is 0 Å². The summed E-state index contributed by atoms with van der Waals surface area (Å²) >= 11 is 0. The average Bonchev–Trinajstić information content (AvgIpc) is 2.29. The molecule has 0 aliphatic heterocycles. The molecule has 0 aliphatic rings. The van der Waals surface area contributed by atoms with Crippen LogP contribution in [-0.2, 0) is 11.3 Å². The van der Waals surface area contributed by atoms with Crippen LogP contribution in [0, 0.1) is 0 Å². The van der Waals surface area contributed by atoms with E-state index in [-0.39, 0.29) is 12.1 Å². The Morgan fingerprint density at radius 1 is 1.53 bits per heavy atom. The maximum absolute atomic E-state index is 10.5. The zero-order valence-electron chi connectivity index (χ0n) is 9.90. The van der Waals surface area contributed by atoms with Gasteiger partial charge in [-0.05, 0) is 24.6 Å². The van der Waals surface area contributed by atoms with Gasteiger partial charge >= 0.3 is 5.97 Å². The van der Waals surface area contributed by atoms with Crippen molar-refractivity contribution in [2.75, 3.05) is 13.2 Å². The minimum absolute atomic E-state index is 0.158. The predicted molar refractivity (Wildman–Crippen MR) is 66.1 cm³/mol. The lowest BCUT2D eigenvalue weighted by Crippen LogP contribution is -2.19. The van der Waals surface area contributed by atoms with Crippen LogP contribution in [0.3, 0.4) is 0 Å². The van der Waals surface area contributed by atoms with Gasteiger partial charge < -0.3 is 15.2 Å². The molecule has 4 heteroatoms. The van der Waals surface area contributed by atoms with Crippen LogP contribution in [0.5, 0.6) is 5.75 Å². The van der Waals surface area contributed by atoms with Gasteiger partial charge in [-0.15, -0.1) is 0 Å². The number of benzene rings is 1. The molecule has 92 valence electrons. The molecule has 0 spiro atoms. The Balaban J connectivity index is 2.43. The number of rotatable bonds is 7. The van der Waals surface area contributed by atoms with Crippen molar-refractivity contribution in [2.45, 2.75) is 13.5 Å². The number of aliphatic carboxylic acids is 1. The Labute approximate surface area is 101 Å². The molecule has 0 aromatic heterocycles. The lowest BCUT2D eigenvalue weighted by Gasteiger charge is -2.07. The number of ether oxygens (including phenoxy) is 1. The van der Waals surface area contributed by atoms with Crippen LogP contribution in [0.15, 0.2) is 36.4 Å². The predicted octanol–water partition coefficient (Wildman–Crippen LogP) is 1.82. The van der Waals surface area contributed by atoms with Crippen molar-refractivity contribution >= 4 is 5.97 Å². The molecule has 4 nitrogen and oxygen atoms in total. The van der Waals surface area contributed by atoms with E-state index in [1.165, 1.54) is 0 Å². The van der Waals surface area contributed by atoms with Crippen molar-refractivity contribution in [3.8, 4) is 5.75 Å². The molecule has 0 radical (unpaired) electrons. The Bertz CT molecular complexity index is 401. The SMILES string of the molecule is C=C(CNCc1cccc(OCC)c1)C(=O)O.